The topological polar surface area (TPSA) is 85.5 Å². The normalized spacial score (nSPS) is 38.6. The number of nitrogens with two attached hydrogens (primary N) is 1. The van der Waals surface area contributed by atoms with Gasteiger partial charge in [-0.2, -0.15) is 0 Å². The molecule has 0 spiro atoms. The van der Waals surface area contributed by atoms with Crippen molar-refractivity contribution in [2.45, 2.75) is 57.5 Å². The van der Waals surface area contributed by atoms with Gasteiger partial charge >= 0.3 is 6.09 Å². The Morgan fingerprint density at radius 2 is 1.96 bits per heavy atom. The van der Waals surface area contributed by atoms with Crippen LogP contribution in [0.3, 0.4) is 0 Å². The number of primary amides is 1. The van der Waals surface area contributed by atoms with Crippen LogP contribution in [-0.2, 0) is 9.53 Å². The van der Waals surface area contributed by atoms with E-state index in [2.05, 4.69) is 17.1 Å². The minimum Gasteiger partial charge on any atom is -0.446 e. The van der Waals surface area contributed by atoms with E-state index in [1.807, 2.05) is 18.0 Å². The molecule has 6 nitrogen and oxygen atoms in total. The standard InChI is InChI=1S/C22H29N3O3/c1-13-2-3-18(24-11-13)15-4-5-25(12-15)21(27)28-19-16-6-14-7-17(19)10-22(8-14,9-16)20(23)26/h2-3,11,14-17,19H,4-10,12H2,1H3,(H2,23,26)/t14?,15?,16?,17?,19-,22-. The molecule has 0 radical (unpaired) electrons. The van der Waals surface area contributed by atoms with Crippen molar-refractivity contribution in [1.82, 2.24) is 9.88 Å². The molecule has 3 atom stereocenters. The van der Waals surface area contributed by atoms with Gasteiger partial charge in [0.15, 0.2) is 0 Å². The molecule has 1 aromatic heterocycles. The zero-order valence-corrected chi connectivity index (χ0v) is 16.5. The number of carbonyl (C=O) groups is 2. The van der Waals surface area contributed by atoms with E-state index >= 15 is 0 Å². The smallest absolute Gasteiger partial charge is 0.410 e. The molecule has 5 fully saturated rings. The van der Waals surface area contributed by atoms with Crippen LogP contribution >= 0.6 is 0 Å². The number of rotatable bonds is 3. The Morgan fingerprint density at radius 3 is 2.61 bits per heavy atom. The SMILES string of the molecule is Cc1ccc(C2CCN(C(=O)O[C@H]3C4CC5CC3C[C@](C(N)=O)(C5)C4)C2)nc1. The van der Waals surface area contributed by atoms with Crippen molar-refractivity contribution in [3.8, 4) is 0 Å². The molecular weight excluding hydrogens is 354 g/mol. The molecule has 4 aliphatic carbocycles. The van der Waals surface area contributed by atoms with Gasteiger partial charge < -0.3 is 15.4 Å². The molecule has 3 unspecified atom stereocenters. The predicted octanol–water partition coefficient (Wildman–Crippen LogP) is 3.00. The number of carbonyl (C=O) groups excluding carboxylic acids is 2. The maximum Gasteiger partial charge on any atom is 0.410 e. The Kier molecular flexibility index (Phi) is 4.14. The highest BCUT2D eigenvalue weighted by molar-refractivity contribution is 5.81. The molecule has 2 amide bonds. The van der Waals surface area contributed by atoms with E-state index in [1.165, 1.54) is 0 Å². The van der Waals surface area contributed by atoms with Gasteiger partial charge in [0, 0.05) is 30.9 Å². The number of nitrogens with zero attached hydrogens (tertiary/aromatic N) is 2. The van der Waals surface area contributed by atoms with Crippen molar-refractivity contribution in [3.05, 3.63) is 29.6 Å². The Morgan fingerprint density at radius 1 is 1.21 bits per heavy atom. The zero-order valence-electron chi connectivity index (χ0n) is 16.5. The van der Waals surface area contributed by atoms with Gasteiger partial charge in [-0.3, -0.25) is 9.78 Å². The molecule has 1 saturated heterocycles. The summed E-state index contributed by atoms with van der Waals surface area (Å²) in [6, 6.07) is 4.14. The van der Waals surface area contributed by atoms with Crippen molar-refractivity contribution >= 4 is 12.0 Å². The molecule has 2 heterocycles. The highest BCUT2D eigenvalue weighted by atomic mass is 16.6. The summed E-state index contributed by atoms with van der Waals surface area (Å²) in [5, 5.41) is 0. The fourth-order valence-corrected chi connectivity index (χ4v) is 6.55. The number of hydrogen-bond acceptors (Lipinski definition) is 4. The quantitative estimate of drug-likeness (QED) is 0.869. The number of aromatic nitrogens is 1. The van der Waals surface area contributed by atoms with Gasteiger partial charge in [-0.15, -0.1) is 0 Å². The van der Waals surface area contributed by atoms with Crippen molar-refractivity contribution in [2.75, 3.05) is 13.1 Å². The number of amides is 2. The van der Waals surface area contributed by atoms with Gasteiger partial charge in [0.25, 0.3) is 0 Å². The largest absolute Gasteiger partial charge is 0.446 e. The summed E-state index contributed by atoms with van der Waals surface area (Å²) in [6.45, 7) is 3.42. The highest BCUT2D eigenvalue weighted by Crippen LogP contribution is 2.60. The van der Waals surface area contributed by atoms with E-state index in [9.17, 15) is 9.59 Å². The molecule has 6 rings (SSSR count). The van der Waals surface area contributed by atoms with Gasteiger partial charge in [-0.05, 0) is 74.8 Å². The van der Waals surface area contributed by atoms with E-state index in [4.69, 9.17) is 10.5 Å². The highest BCUT2D eigenvalue weighted by Gasteiger charge is 2.59. The molecule has 5 aliphatic rings. The van der Waals surface area contributed by atoms with Crippen LogP contribution in [0.25, 0.3) is 0 Å². The third-order valence-electron chi connectivity index (χ3n) is 7.75. The van der Waals surface area contributed by atoms with E-state index in [1.54, 1.807) is 0 Å². The Bertz CT molecular complexity index is 777. The first kappa shape index (κ1) is 18.0. The summed E-state index contributed by atoms with van der Waals surface area (Å²) < 4.78 is 6.05. The van der Waals surface area contributed by atoms with Crippen LogP contribution in [0.15, 0.2) is 18.3 Å². The fourth-order valence-electron chi connectivity index (χ4n) is 6.55. The lowest BCUT2D eigenvalue weighted by Gasteiger charge is -2.58. The van der Waals surface area contributed by atoms with Crippen LogP contribution in [0.2, 0.25) is 0 Å². The molecule has 1 aromatic rings. The van der Waals surface area contributed by atoms with Crippen molar-refractivity contribution in [1.29, 1.82) is 0 Å². The summed E-state index contributed by atoms with van der Waals surface area (Å²) in [6.07, 6.45) is 7.24. The molecule has 4 bridgehead atoms. The lowest BCUT2D eigenvalue weighted by atomic mass is 9.48. The van der Waals surface area contributed by atoms with Crippen LogP contribution in [0, 0.1) is 30.1 Å². The van der Waals surface area contributed by atoms with Crippen LogP contribution in [-0.4, -0.2) is 41.1 Å². The van der Waals surface area contributed by atoms with Crippen LogP contribution in [0.1, 0.15) is 55.7 Å². The van der Waals surface area contributed by atoms with Crippen LogP contribution < -0.4 is 5.73 Å². The summed E-state index contributed by atoms with van der Waals surface area (Å²) in [7, 11) is 0. The second kappa shape index (κ2) is 6.46. The zero-order chi connectivity index (χ0) is 19.5. The van der Waals surface area contributed by atoms with Crippen molar-refractivity contribution in [2.24, 2.45) is 28.9 Å². The fraction of sp³-hybridized carbons (Fsp3) is 0.682. The maximum atomic E-state index is 12.9. The molecule has 6 heteroatoms. The van der Waals surface area contributed by atoms with Gasteiger partial charge in [-0.25, -0.2) is 4.79 Å². The molecule has 1 aliphatic heterocycles. The molecule has 150 valence electrons. The maximum absolute atomic E-state index is 12.9. The third-order valence-corrected chi connectivity index (χ3v) is 7.75. The Balaban J connectivity index is 1.23. The van der Waals surface area contributed by atoms with Gasteiger partial charge in [0.2, 0.25) is 5.91 Å². The Hall–Kier alpha value is -2.11. The summed E-state index contributed by atoms with van der Waals surface area (Å²) in [5.41, 5.74) is 7.62. The molecule has 28 heavy (non-hydrogen) atoms. The van der Waals surface area contributed by atoms with E-state index in [0.717, 1.165) is 56.3 Å². The third kappa shape index (κ3) is 2.88. The van der Waals surface area contributed by atoms with E-state index < -0.39 is 0 Å². The second-order valence-electron chi connectivity index (χ2n) is 9.65. The minimum atomic E-state index is -0.338. The number of aryl methyl sites for hydroxylation is 1. The minimum absolute atomic E-state index is 0.0481. The second-order valence-corrected chi connectivity index (χ2v) is 9.65. The lowest BCUT2D eigenvalue weighted by Crippen LogP contribution is -2.59. The van der Waals surface area contributed by atoms with Crippen LogP contribution in [0.4, 0.5) is 4.79 Å². The van der Waals surface area contributed by atoms with E-state index in [-0.39, 0.29) is 29.4 Å². The van der Waals surface area contributed by atoms with Crippen molar-refractivity contribution in [3.63, 3.8) is 0 Å². The van der Waals surface area contributed by atoms with Gasteiger partial charge in [-0.1, -0.05) is 6.07 Å². The first-order valence-electron chi connectivity index (χ1n) is 10.6. The molecule has 2 N–H and O–H groups in total. The average molecular weight is 383 g/mol. The summed E-state index contributed by atoms with van der Waals surface area (Å²) >= 11 is 0. The first-order chi connectivity index (χ1) is 13.4. The number of ether oxygens (including phenoxy) is 1. The molecule has 4 saturated carbocycles. The molecule has 0 aromatic carbocycles. The number of hydrogen-bond donors (Lipinski definition) is 1. The van der Waals surface area contributed by atoms with Crippen molar-refractivity contribution < 1.29 is 14.3 Å². The lowest BCUT2D eigenvalue weighted by molar-refractivity contribution is -0.161. The Labute approximate surface area is 165 Å². The average Bonchev–Trinajstić information content (AvgIpc) is 3.15. The van der Waals surface area contributed by atoms with Gasteiger partial charge in [0.05, 0.1) is 5.41 Å². The monoisotopic (exact) mass is 383 g/mol. The number of likely N-dealkylation sites (tertiary alicyclic amines) is 1. The number of pyridine rings is 1. The van der Waals surface area contributed by atoms with Gasteiger partial charge in [0.1, 0.15) is 6.10 Å². The van der Waals surface area contributed by atoms with E-state index in [0.29, 0.717) is 24.3 Å². The predicted molar refractivity (Wildman–Crippen MR) is 103 cm³/mol. The molecular formula is C22H29N3O3. The summed E-state index contributed by atoms with van der Waals surface area (Å²) in [4.78, 5) is 31.3. The summed E-state index contributed by atoms with van der Waals surface area (Å²) in [5.74, 6) is 1.29. The first-order valence-corrected chi connectivity index (χ1v) is 10.6. The van der Waals surface area contributed by atoms with Crippen LogP contribution in [0.5, 0.6) is 0 Å².